The predicted octanol–water partition coefficient (Wildman–Crippen LogP) is 2.13. The first-order valence-corrected chi connectivity index (χ1v) is 4.33. The minimum absolute atomic E-state index is 0.221. The molecule has 0 aromatic heterocycles. The molecule has 1 aromatic carbocycles. The molecule has 0 aliphatic carbocycles. The maximum Gasteiger partial charge on any atom is 0.255 e. The van der Waals surface area contributed by atoms with Crippen molar-refractivity contribution in [1.82, 2.24) is 5.32 Å². The average Bonchev–Trinajstić information content (AvgIpc) is 2.14. The van der Waals surface area contributed by atoms with Gasteiger partial charge < -0.3 is 5.32 Å². The lowest BCUT2D eigenvalue weighted by Crippen LogP contribution is -2.29. The van der Waals surface area contributed by atoms with Crippen LogP contribution in [0.25, 0.3) is 0 Å². The number of carbonyl (C=O) groups is 1. The Morgan fingerprint density at radius 3 is 2.67 bits per heavy atom. The van der Waals surface area contributed by atoms with E-state index in [1.807, 2.05) is 5.32 Å². The van der Waals surface area contributed by atoms with E-state index < -0.39 is 24.7 Å². The van der Waals surface area contributed by atoms with Gasteiger partial charge >= 0.3 is 0 Å². The smallest absolute Gasteiger partial charge is 0.255 e. The van der Waals surface area contributed by atoms with Crippen molar-refractivity contribution in [3.05, 3.63) is 35.1 Å². The fourth-order valence-corrected chi connectivity index (χ4v) is 1.07. The maximum atomic E-state index is 13.2. The molecular weight excluding hydrogens is 207 g/mol. The van der Waals surface area contributed by atoms with Crippen LogP contribution in [0.4, 0.5) is 13.2 Å². The minimum Gasteiger partial charge on any atom is -0.346 e. The highest BCUT2D eigenvalue weighted by atomic mass is 19.3. The molecular formula is C10H10F3NO. The third-order valence-electron chi connectivity index (χ3n) is 1.79. The third-order valence-corrected chi connectivity index (χ3v) is 1.79. The normalized spacial score (nSPS) is 10.5. The Labute approximate surface area is 85.1 Å². The molecule has 0 bridgehead atoms. The summed E-state index contributed by atoms with van der Waals surface area (Å²) in [6.45, 7) is 0.899. The number of hydrogen-bond acceptors (Lipinski definition) is 1. The molecule has 0 fully saturated rings. The Hall–Kier alpha value is -1.52. The van der Waals surface area contributed by atoms with E-state index in [9.17, 15) is 18.0 Å². The highest BCUT2D eigenvalue weighted by Crippen LogP contribution is 2.09. The number of amides is 1. The Bertz CT molecular complexity index is 366. The number of carbonyl (C=O) groups excluding carboxylic acids is 1. The van der Waals surface area contributed by atoms with E-state index >= 15 is 0 Å². The van der Waals surface area contributed by atoms with Crippen molar-refractivity contribution in [2.24, 2.45) is 0 Å². The maximum absolute atomic E-state index is 13.2. The molecule has 1 amide bonds. The summed E-state index contributed by atoms with van der Waals surface area (Å²) in [4.78, 5) is 11.2. The van der Waals surface area contributed by atoms with Gasteiger partial charge in [-0.05, 0) is 24.6 Å². The van der Waals surface area contributed by atoms with Crippen LogP contribution in [-0.4, -0.2) is 18.9 Å². The summed E-state index contributed by atoms with van der Waals surface area (Å²) in [6, 6.07) is 3.99. The number of benzene rings is 1. The molecule has 0 unspecified atom stereocenters. The van der Waals surface area contributed by atoms with Crippen LogP contribution in [0.2, 0.25) is 0 Å². The Balaban J connectivity index is 2.74. The predicted molar refractivity (Wildman–Crippen MR) is 49.5 cm³/mol. The number of nitrogens with one attached hydrogen (secondary N) is 1. The second-order valence-electron chi connectivity index (χ2n) is 3.08. The van der Waals surface area contributed by atoms with Crippen LogP contribution in [0.3, 0.4) is 0 Å². The van der Waals surface area contributed by atoms with E-state index in [4.69, 9.17) is 0 Å². The van der Waals surface area contributed by atoms with Gasteiger partial charge in [-0.3, -0.25) is 4.79 Å². The monoisotopic (exact) mass is 217 g/mol. The van der Waals surface area contributed by atoms with Crippen LogP contribution in [-0.2, 0) is 0 Å². The van der Waals surface area contributed by atoms with Crippen molar-refractivity contribution in [2.75, 3.05) is 6.54 Å². The molecule has 15 heavy (non-hydrogen) atoms. The van der Waals surface area contributed by atoms with Gasteiger partial charge in [-0.15, -0.1) is 0 Å². The molecule has 0 saturated heterocycles. The first-order chi connectivity index (χ1) is 7.00. The van der Waals surface area contributed by atoms with Crippen LogP contribution < -0.4 is 5.32 Å². The second kappa shape index (κ2) is 4.82. The lowest BCUT2D eigenvalue weighted by Gasteiger charge is -2.05. The first-order valence-electron chi connectivity index (χ1n) is 4.33. The van der Waals surface area contributed by atoms with Crippen LogP contribution in [0.1, 0.15) is 15.9 Å². The van der Waals surface area contributed by atoms with Gasteiger partial charge in [-0.25, -0.2) is 13.2 Å². The van der Waals surface area contributed by atoms with Gasteiger partial charge in [-0.1, -0.05) is 6.07 Å². The van der Waals surface area contributed by atoms with Gasteiger partial charge in [0.25, 0.3) is 12.3 Å². The molecule has 0 aliphatic heterocycles. The summed E-state index contributed by atoms with van der Waals surface area (Å²) in [5.74, 6) is -1.53. The van der Waals surface area contributed by atoms with Gasteiger partial charge in [0.15, 0.2) is 0 Å². The lowest BCUT2D eigenvalue weighted by atomic mass is 10.1. The fraction of sp³-hybridized carbons (Fsp3) is 0.300. The molecule has 0 atom stereocenters. The summed E-state index contributed by atoms with van der Waals surface area (Å²) in [7, 11) is 0. The summed E-state index contributed by atoms with van der Waals surface area (Å²) in [5, 5.41) is 1.93. The molecule has 1 aromatic rings. The summed E-state index contributed by atoms with van der Waals surface area (Å²) in [5.41, 5.74) is 0.444. The van der Waals surface area contributed by atoms with Crippen molar-refractivity contribution in [1.29, 1.82) is 0 Å². The standard InChI is InChI=1S/C10H10F3NO/c1-6-2-3-7(8(11)4-6)10(15)14-5-9(12)13/h2-4,9H,5H2,1H3,(H,14,15). The molecule has 2 nitrogen and oxygen atoms in total. The van der Waals surface area contributed by atoms with Crippen LogP contribution in [0.15, 0.2) is 18.2 Å². The van der Waals surface area contributed by atoms with Crippen LogP contribution >= 0.6 is 0 Å². The van der Waals surface area contributed by atoms with Crippen molar-refractivity contribution >= 4 is 5.91 Å². The van der Waals surface area contributed by atoms with Gasteiger partial charge in [0.1, 0.15) is 5.82 Å². The van der Waals surface area contributed by atoms with Crippen molar-refractivity contribution in [3.63, 3.8) is 0 Å². The molecule has 0 aliphatic rings. The zero-order chi connectivity index (χ0) is 11.4. The number of halogens is 3. The molecule has 5 heteroatoms. The summed E-state index contributed by atoms with van der Waals surface area (Å²) < 4.78 is 36.7. The second-order valence-corrected chi connectivity index (χ2v) is 3.08. The Morgan fingerprint density at radius 2 is 2.13 bits per heavy atom. The minimum atomic E-state index is -2.64. The Morgan fingerprint density at radius 1 is 1.47 bits per heavy atom. The molecule has 0 heterocycles. The van der Waals surface area contributed by atoms with Gasteiger partial charge in [-0.2, -0.15) is 0 Å². The third kappa shape index (κ3) is 3.27. The van der Waals surface area contributed by atoms with Gasteiger partial charge in [0.2, 0.25) is 0 Å². The molecule has 1 N–H and O–H groups in total. The van der Waals surface area contributed by atoms with E-state index in [-0.39, 0.29) is 5.56 Å². The molecule has 0 radical (unpaired) electrons. The molecule has 0 spiro atoms. The summed E-state index contributed by atoms with van der Waals surface area (Å²) >= 11 is 0. The van der Waals surface area contributed by atoms with Crippen molar-refractivity contribution in [3.8, 4) is 0 Å². The van der Waals surface area contributed by atoms with E-state index in [1.54, 1.807) is 13.0 Å². The first kappa shape index (κ1) is 11.6. The quantitative estimate of drug-likeness (QED) is 0.825. The van der Waals surface area contributed by atoms with Crippen LogP contribution in [0.5, 0.6) is 0 Å². The van der Waals surface area contributed by atoms with Crippen molar-refractivity contribution in [2.45, 2.75) is 13.3 Å². The highest BCUT2D eigenvalue weighted by Gasteiger charge is 2.12. The van der Waals surface area contributed by atoms with E-state index in [0.717, 1.165) is 0 Å². The highest BCUT2D eigenvalue weighted by molar-refractivity contribution is 5.94. The fourth-order valence-electron chi connectivity index (χ4n) is 1.07. The Kier molecular flexibility index (Phi) is 3.71. The van der Waals surface area contributed by atoms with E-state index in [0.29, 0.717) is 5.56 Å². The number of hydrogen-bond donors (Lipinski definition) is 1. The van der Waals surface area contributed by atoms with E-state index in [1.165, 1.54) is 12.1 Å². The lowest BCUT2D eigenvalue weighted by molar-refractivity contribution is 0.0888. The SMILES string of the molecule is Cc1ccc(C(=O)NCC(F)F)c(F)c1. The number of aryl methyl sites for hydroxylation is 1. The number of rotatable bonds is 3. The average molecular weight is 217 g/mol. The topological polar surface area (TPSA) is 29.1 Å². The van der Waals surface area contributed by atoms with Gasteiger partial charge in [0.05, 0.1) is 12.1 Å². The number of alkyl halides is 2. The molecule has 82 valence electrons. The largest absolute Gasteiger partial charge is 0.346 e. The van der Waals surface area contributed by atoms with Crippen molar-refractivity contribution < 1.29 is 18.0 Å². The van der Waals surface area contributed by atoms with E-state index in [2.05, 4.69) is 0 Å². The van der Waals surface area contributed by atoms with Crippen LogP contribution in [0, 0.1) is 12.7 Å². The van der Waals surface area contributed by atoms with Gasteiger partial charge in [0, 0.05) is 0 Å². The zero-order valence-electron chi connectivity index (χ0n) is 8.06. The molecule has 0 saturated carbocycles. The molecule has 1 rings (SSSR count). The summed E-state index contributed by atoms with van der Waals surface area (Å²) in [6.07, 6.45) is -2.64. The zero-order valence-corrected chi connectivity index (χ0v) is 8.06.